The van der Waals surface area contributed by atoms with E-state index in [2.05, 4.69) is 16.0 Å². The average molecular weight is 339 g/mol. The number of para-hydroxylation sites is 1. The summed E-state index contributed by atoms with van der Waals surface area (Å²) in [5.41, 5.74) is 2.05. The van der Waals surface area contributed by atoms with Crippen LogP contribution in [-0.2, 0) is 9.59 Å². The number of carbonyl (C=O) groups excluding carboxylic acids is 3. The Kier molecular flexibility index (Phi) is 4.65. The summed E-state index contributed by atoms with van der Waals surface area (Å²) in [6, 6.07) is 12.9. The summed E-state index contributed by atoms with van der Waals surface area (Å²) >= 11 is 0. The van der Waals surface area contributed by atoms with Gasteiger partial charge in [0.15, 0.2) is 6.61 Å². The normalized spacial score (nSPS) is 16.1. The van der Waals surface area contributed by atoms with Crippen molar-refractivity contribution in [2.75, 3.05) is 11.9 Å². The summed E-state index contributed by atoms with van der Waals surface area (Å²) in [6.45, 7) is 1.77. The average Bonchev–Trinajstić information content (AvgIpc) is 2.93. The van der Waals surface area contributed by atoms with Gasteiger partial charge in [0.2, 0.25) is 0 Å². The van der Waals surface area contributed by atoms with Crippen LogP contribution in [0.15, 0.2) is 48.5 Å². The number of nitrogens with one attached hydrogen (secondary N) is 3. The highest BCUT2D eigenvalue weighted by atomic mass is 16.5. The van der Waals surface area contributed by atoms with E-state index in [4.69, 9.17) is 4.74 Å². The van der Waals surface area contributed by atoms with E-state index in [-0.39, 0.29) is 12.5 Å². The Morgan fingerprint density at radius 2 is 1.96 bits per heavy atom. The fourth-order valence-corrected chi connectivity index (χ4v) is 2.51. The lowest BCUT2D eigenvalue weighted by atomic mass is 10.1. The van der Waals surface area contributed by atoms with Crippen molar-refractivity contribution in [2.45, 2.75) is 13.0 Å². The lowest BCUT2D eigenvalue weighted by Gasteiger charge is -2.12. The highest BCUT2D eigenvalue weighted by Crippen LogP contribution is 2.20. The van der Waals surface area contributed by atoms with Gasteiger partial charge in [0.25, 0.3) is 11.8 Å². The Morgan fingerprint density at radius 1 is 1.16 bits per heavy atom. The summed E-state index contributed by atoms with van der Waals surface area (Å²) in [7, 11) is 0. The van der Waals surface area contributed by atoms with Crippen LogP contribution in [-0.4, -0.2) is 24.5 Å². The van der Waals surface area contributed by atoms with Gasteiger partial charge in [0.1, 0.15) is 11.8 Å². The maximum Gasteiger partial charge on any atom is 0.322 e. The number of benzene rings is 2. The summed E-state index contributed by atoms with van der Waals surface area (Å²) in [5.74, 6) is -0.0894. The fraction of sp³-hybridized carbons (Fsp3) is 0.167. The van der Waals surface area contributed by atoms with Crippen molar-refractivity contribution in [1.29, 1.82) is 0 Å². The Hall–Kier alpha value is -3.35. The van der Waals surface area contributed by atoms with Gasteiger partial charge in [-0.2, -0.15) is 0 Å². The van der Waals surface area contributed by atoms with Crippen molar-refractivity contribution < 1.29 is 19.1 Å². The van der Waals surface area contributed by atoms with E-state index in [0.717, 1.165) is 5.56 Å². The molecule has 0 aromatic heterocycles. The van der Waals surface area contributed by atoms with Gasteiger partial charge in [0.05, 0.1) is 0 Å². The number of aryl methyl sites for hydroxylation is 1. The van der Waals surface area contributed by atoms with Gasteiger partial charge in [-0.25, -0.2) is 4.79 Å². The third-order valence-electron chi connectivity index (χ3n) is 3.73. The molecule has 1 saturated heterocycles. The standard InChI is InChI=1S/C18H17N3O4/c1-11-5-2-3-8-14(11)25-10-15(22)19-13-7-4-6-12(9-13)16-17(23)21-18(24)20-16/h2-9,16H,10H2,1H3,(H,19,22)(H2,20,21,23,24). The highest BCUT2D eigenvalue weighted by Gasteiger charge is 2.30. The fourth-order valence-electron chi connectivity index (χ4n) is 2.51. The van der Waals surface area contributed by atoms with Crippen molar-refractivity contribution >= 4 is 23.5 Å². The second-order valence-corrected chi connectivity index (χ2v) is 5.62. The van der Waals surface area contributed by atoms with E-state index in [1.807, 2.05) is 25.1 Å². The molecule has 1 aliphatic heterocycles. The molecule has 3 rings (SSSR count). The van der Waals surface area contributed by atoms with Crippen LogP contribution < -0.4 is 20.7 Å². The third-order valence-corrected chi connectivity index (χ3v) is 3.73. The number of rotatable bonds is 5. The first-order valence-corrected chi connectivity index (χ1v) is 7.72. The lowest BCUT2D eigenvalue weighted by molar-refractivity contribution is -0.120. The molecule has 2 aromatic carbocycles. The predicted octanol–water partition coefficient (Wildman–Crippen LogP) is 1.89. The van der Waals surface area contributed by atoms with Crippen LogP contribution in [0.1, 0.15) is 17.2 Å². The molecule has 1 fully saturated rings. The zero-order valence-corrected chi connectivity index (χ0v) is 13.5. The Balaban J connectivity index is 1.62. The molecule has 3 N–H and O–H groups in total. The molecule has 1 aliphatic rings. The number of hydrogen-bond donors (Lipinski definition) is 3. The summed E-state index contributed by atoms with van der Waals surface area (Å²) in [4.78, 5) is 35.0. The topological polar surface area (TPSA) is 96.5 Å². The second-order valence-electron chi connectivity index (χ2n) is 5.62. The third kappa shape index (κ3) is 3.95. The van der Waals surface area contributed by atoms with Crippen molar-refractivity contribution in [3.63, 3.8) is 0 Å². The molecule has 0 saturated carbocycles. The van der Waals surface area contributed by atoms with Crippen LogP contribution in [0.4, 0.5) is 10.5 Å². The van der Waals surface area contributed by atoms with E-state index in [1.54, 1.807) is 30.3 Å². The van der Waals surface area contributed by atoms with Crippen LogP contribution in [0.2, 0.25) is 0 Å². The minimum Gasteiger partial charge on any atom is -0.483 e. The summed E-state index contributed by atoms with van der Waals surface area (Å²) in [6.07, 6.45) is 0. The minimum atomic E-state index is -0.757. The molecule has 1 heterocycles. The van der Waals surface area contributed by atoms with Gasteiger partial charge in [-0.1, -0.05) is 30.3 Å². The number of amides is 4. The zero-order chi connectivity index (χ0) is 17.8. The second kappa shape index (κ2) is 7.04. The molecule has 25 heavy (non-hydrogen) atoms. The Bertz CT molecular complexity index is 835. The number of hydrogen-bond acceptors (Lipinski definition) is 4. The van der Waals surface area contributed by atoms with Crippen LogP contribution >= 0.6 is 0 Å². The van der Waals surface area contributed by atoms with Gasteiger partial charge >= 0.3 is 6.03 Å². The lowest BCUT2D eigenvalue weighted by Crippen LogP contribution is -2.22. The Morgan fingerprint density at radius 3 is 2.68 bits per heavy atom. The summed E-state index contributed by atoms with van der Waals surface area (Å²) < 4.78 is 5.50. The van der Waals surface area contributed by atoms with Gasteiger partial charge in [-0.3, -0.25) is 14.9 Å². The van der Waals surface area contributed by atoms with Crippen molar-refractivity contribution in [3.8, 4) is 5.75 Å². The monoisotopic (exact) mass is 339 g/mol. The van der Waals surface area contributed by atoms with E-state index < -0.39 is 18.0 Å². The maximum absolute atomic E-state index is 12.1. The SMILES string of the molecule is Cc1ccccc1OCC(=O)Nc1cccc(C2NC(=O)NC2=O)c1. The quantitative estimate of drug-likeness (QED) is 0.725. The Labute approximate surface area is 144 Å². The number of anilines is 1. The maximum atomic E-state index is 12.1. The van der Waals surface area contributed by atoms with Crippen molar-refractivity contribution in [1.82, 2.24) is 10.6 Å². The molecule has 0 radical (unpaired) electrons. The first-order valence-electron chi connectivity index (χ1n) is 7.72. The smallest absolute Gasteiger partial charge is 0.322 e. The highest BCUT2D eigenvalue weighted by molar-refractivity contribution is 6.04. The minimum absolute atomic E-state index is 0.129. The molecule has 128 valence electrons. The zero-order valence-electron chi connectivity index (χ0n) is 13.5. The molecule has 4 amide bonds. The van der Waals surface area contributed by atoms with Crippen LogP contribution in [0.5, 0.6) is 5.75 Å². The first-order chi connectivity index (χ1) is 12.0. The van der Waals surface area contributed by atoms with Crippen LogP contribution in [0.25, 0.3) is 0 Å². The molecule has 0 bridgehead atoms. The van der Waals surface area contributed by atoms with E-state index >= 15 is 0 Å². The number of carbonyl (C=O) groups is 3. The van der Waals surface area contributed by atoms with Gasteiger partial charge in [0, 0.05) is 5.69 Å². The predicted molar refractivity (Wildman–Crippen MR) is 91.2 cm³/mol. The molecule has 0 aliphatic carbocycles. The molecule has 1 unspecified atom stereocenters. The largest absolute Gasteiger partial charge is 0.483 e. The molecular weight excluding hydrogens is 322 g/mol. The number of urea groups is 1. The number of imide groups is 1. The summed E-state index contributed by atoms with van der Waals surface area (Å²) in [5, 5.41) is 7.40. The molecule has 1 atom stereocenters. The molecule has 7 nitrogen and oxygen atoms in total. The van der Waals surface area contributed by atoms with Crippen LogP contribution in [0.3, 0.4) is 0 Å². The van der Waals surface area contributed by atoms with E-state index in [9.17, 15) is 14.4 Å². The molecular formula is C18H17N3O4. The van der Waals surface area contributed by atoms with Gasteiger partial charge in [-0.05, 0) is 36.2 Å². The number of ether oxygens (including phenoxy) is 1. The molecule has 0 spiro atoms. The van der Waals surface area contributed by atoms with Crippen molar-refractivity contribution in [3.05, 3.63) is 59.7 Å². The molecule has 2 aromatic rings. The van der Waals surface area contributed by atoms with Crippen LogP contribution in [0, 0.1) is 6.92 Å². The van der Waals surface area contributed by atoms with Crippen molar-refractivity contribution in [2.24, 2.45) is 0 Å². The molecule has 7 heteroatoms. The van der Waals surface area contributed by atoms with E-state index in [1.165, 1.54) is 0 Å². The van der Waals surface area contributed by atoms with Gasteiger partial charge < -0.3 is 15.4 Å². The van der Waals surface area contributed by atoms with Gasteiger partial charge in [-0.15, -0.1) is 0 Å². The van der Waals surface area contributed by atoms with E-state index in [0.29, 0.717) is 17.0 Å². The first kappa shape index (κ1) is 16.5.